The molecule has 0 bridgehead atoms. The third-order valence-corrected chi connectivity index (χ3v) is 3.22. The van der Waals surface area contributed by atoms with Crippen molar-refractivity contribution in [3.05, 3.63) is 29.8 Å². The predicted molar refractivity (Wildman–Crippen MR) is 66.4 cm³/mol. The molecule has 0 saturated carbocycles. The van der Waals surface area contributed by atoms with E-state index in [1.54, 1.807) is 11.8 Å². The van der Waals surface area contributed by atoms with Crippen LogP contribution in [0.3, 0.4) is 0 Å². The van der Waals surface area contributed by atoms with Gasteiger partial charge in [-0.3, -0.25) is 4.79 Å². The van der Waals surface area contributed by atoms with Crippen LogP contribution in [0, 0.1) is 0 Å². The van der Waals surface area contributed by atoms with Gasteiger partial charge in [0.2, 0.25) is 0 Å². The fourth-order valence-corrected chi connectivity index (χ4v) is 2.05. The van der Waals surface area contributed by atoms with Crippen LogP contribution in [-0.4, -0.2) is 18.8 Å². The van der Waals surface area contributed by atoms with E-state index in [0.717, 1.165) is 16.2 Å². The largest absolute Gasteiger partial charge is 0.469 e. The Morgan fingerprint density at radius 3 is 2.56 bits per heavy atom. The van der Waals surface area contributed by atoms with Gasteiger partial charge in [0, 0.05) is 16.7 Å². The smallest absolute Gasteiger partial charge is 0.306 e. The molecule has 0 spiro atoms. The van der Waals surface area contributed by atoms with Crippen LogP contribution in [0.4, 0.5) is 0 Å². The number of benzene rings is 1. The maximum absolute atomic E-state index is 10.9. The number of esters is 1. The van der Waals surface area contributed by atoms with Gasteiger partial charge in [0.05, 0.1) is 13.5 Å². The number of ether oxygens (including phenoxy) is 1. The summed E-state index contributed by atoms with van der Waals surface area (Å²) in [5.41, 5.74) is 6.88. The monoisotopic (exact) mass is 239 g/mol. The molecule has 1 aromatic carbocycles. The van der Waals surface area contributed by atoms with Crippen molar-refractivity contribution in [3.63, 3.8) is 0 Å². The molecule has 0 heterocycles. The SMILES string of the molecule is COC(=O)CCSc1ccc([C@@H](C)N)cc1. The van der Waals surface area contributed by atoms with Crippen LogP contribution < -0.4 is 5.73 Å². The van der Waals surface area contributed by atoms with Crippen LogP contribution in [-0.2, 0) is 9.53 Å². The molecule has 0 aliphatic heterocycles. The quantitative estimate of drug-likeness (QED) is 0.633. The number of hydrogen-bond donors (Lipinski definition) is 1. The highest BCUT2D eigenvalue weighted by Crippen LogP contribution is 2.20. The molecule has 0 radical (unpaired) electrons. The molecule has 0 amide bonds. The van der Waals surface area contributed by atoms with E-state index in [4.69, 9.17) is 5.73 Å². The van der Waals surface area contributed by atoms with Gasteiger partial charge in [0.1, 0.15) is 0 Å². The Morgan fingerprint density at radius 2 is 2.06 bits per heavy atom. The number of rotatable bonds is 5. The van der Waals surface area contributed by atoms with Gasteiger partial charge in [-0.15, -0.1) is 11.8 Å². The van der Waals surface area contributed by atoms with E-state index in [0.29, 0.717) is 6.42 Å². The van der Waals surface area contributed by atoms with Gasteiger partial charge in [-0.05, 0) is 24.6 Å². The molecule has 0 aromatic heterocycles. The van der Waals surface area contributed by atoms with Crippen molar-refractivity contribution in [2.24, 2.45) is 5.73 Å². The molecule has 0 aliphatic rings. The molecule has 0 unspecified atom stereocenters. The molecule has 1 atom stereocenters. The van der Waals surface area contributed by atoms with Gasteiger partial charge in [0.25, 0.3) is 0 Å². The first kappa shape index (κ1) is 13.1. The van der Waals surface area contributed by atoms with E-state index in [1.165, 1.54) is 7.11 Å². The van der Waals surface area contributed by atoms with Crippen molar-refractivity contribution in [1.82, 2.24) is 0 Å². The highest BCUT2D eigenvalue weighted by molar-refractivity contribution is 7.99. The summed E-state index contributed by atoms with van der Waals surface area (Å²) in [4.78, 5) is 12.0. The molecule has 0 aliphatic carbocycles. The second-order valence-electron chi connectivity index (χ2n) is 3.53. The first-order valence-corrected chi connectivity index (χ1v) is 6.17. The van der Waals surface area contributed by atoms with Crippen molar-refractivity contribution < 1.29 is 9.53 Å². The van der Waals surface area contributed by atoms with E-state index >= 15 is 0 Å². The number of methoxy groups -OCH3 is 1. The zero-order valence-corrected chi connectivity index (χ0v) is 10.4. The molecule has 3 nitrogen and oxygen atoms in total. The zero-order chi connectivity index (χ0) is 12.0. The molecule has 1 rings (SSSR count). The fraction of sp³-hybridized carbons (Fsp3) is 0.417. The summed E-state index contributed by atoms with van der Waals surface area (Å²) in [5.74, 6) is 0.573. The summed E-state index contributed by atoms with van der Waals surface area (Å²) < 4.78 is 4.57. The Bertz CT molecular complexity index is 335. The van der Waals surface area contributed by atoms with Crippen LogP contribution >= 0.6 is 11.8 Å². The number of carbonyl (C=O) groups excluding carboxylic acids is 1. The Morgan fingerprint density at radius 1 is 1.44 bits per heavy atom. The molecule has 88 valence electrons. The number of nitrogens with two attached hydrogens (primary N) is 1. The average Bonchev–Trinajstić information content (AvgIpc) is 2.29. The van der Waals surface area contributed by atoms with Crippen LogP contribution in [0.2, 0.25) is 0 Å². The van der Waals surface area contributed by atoms with Crippen LogP contribution in [0.1, 0.15) is 24.9 Å². The van der Waals surface area contributed by atoms with Crippen molar-refractivity contribution >= 4 is 17.7 Å². The van der Waals surface area contributed by atoms with E-state index in [-0.39, 0.29) is 12.0 Å². The second-order valence-corrected chi connectivity index (χ2v) is 4.70. The standard InChI is InChI=1S/C12H17NO2S/c1-9(13)10-3-5-11(6-4-10)16-8-7-12(14)15-2/h3-6,9H,7-8,13H2,1-2H3/t9-/m1/s1. The Balaban J connectivity index is 2.40. The van der Waals surface area contributed by atoms with Crippen molar-refractivity contribution in [1.29, 1.82) is 0 Å². The third kappa shape index (κ3) is 4.24. The third-order valence-electron chi connectivity index (χ3n) is 2.21. The summed E-state index contributed by atoms with van der Waals surface area (Å²) in [7, 11) is 1.41. The minimum Gasteiger partial charge on any atom is -0.469 e. The second kappa shape index (κ2) is 6.55. The molecule has 1 aromatic rings. The molecular weight excluding hydrogens is 222 g/mol. The van der Waals surface area contributed by atoms with Gasteiger partial charge in [-0.2, -0.15) is 0 Å². The van der Waals surface area contributed by atoms with Gasteiger partial charge in [0.15, 0.2) is 0 Å². The van der Waals surface area contributed by atoms with Gasteiger partial charge in [-0.25, -0.2) is 0 Å². The van der Waals surface area contributed by atoms with Gasteiger partial charge >= 0.3 is 5.97 Å². The van der Waals surface area contributed by atoms with Crippen molar-refractivity contribution in [3.8, 4) is 0 Å². The van der Waals surface area contributed by atoms with Crippen LogP contribution in [0.15, 0.2) is 29.2 Å². The highest BCUT2D eigenvalue weighted by atomic mass is 32.2. The van der Waals surface area contributed by atoms with E-state index in [2.05, 4.69) is 4.74 Å². The summed E-state index contributed by atoms with van der Waals surface area (Å²) >= 11 is 1.64. The van der Waals surface area contributed by atoms with Crippen molar-refractivity contribution in [2.45, 2.75) is 24.3 Å². The normalized spacial score (nSPS) is 12.2. The minimum absolute atomic E-state index is 0.0640. The Labute approximate surface area is 100 Å². The average molecular weight is 239 g/mol. The first-order chi connectivity index (χ1) is 7.63. The maximum Gasteiger partial charge on any atom is 0.306 e. The summed E-state index contributed by atoms with van der Waals surface area (Å²) in [6.45, 7) is 1.96. The fourth-order valence-electron chi connectivity index (χ4n) is 1.22. The van der Waals surface area contributed by atoms with E-state index in [1.807, 2.05) is 31.2 Å². The Kier molecular flexibility index (Phi) is 5.35. The number of hydrogen-bond acceptors (Lipinski definition) is 4. The molecule has 0 saturated heterocycles. The van der Waals surface area contributed by atoms with E-state index in [9.17, 15) is 4.79 Å². The summed E-state index contributed by atoms with van der Waals surface area (Å²) in [6, 6.07) is 8.16. The lowest BCUT2D eigenvalue weighted by Crippen LogP contribution is -2.04. The van der Waals surface area contributed by atoms with Crippen LogP contribution in [0.25, 0.3) is 0 Å². The lowest BCUT2D eigenvalue weighted by molar-refractivity contribution is -0.140. The van der Waals surface area contributed by atoms with Gasteiger partial charge < -0.3 is 10.5 Å². The molecule has 0 fully saturated rings. The summed E-state index contributed by atoms with van der Waals surface area (Å²) in [6.07, 6.45) is 0.441. The highest BCUT2D eigenvalue weighted by Gasteiger charge is 2.02. The molecule has 16 heavy (non-hydrogen) atoms. The lowest BCUT2D eigenvalue weighted by atomic mass is 10.1. The summed E-state index contributed by atoms with van der Waals surface area (Å²) in [5, 5.41) is 0. The topological polar surface area (TPSA) is 52.3 Å². The van der Waals surface area contributed by atoms with E-state index < -0.39 is 0 Å². The predicted octanol–water partition coefficient (Wildman–Crippen LogP) is 2.36. The molecule has 4 heteroatoms. The molecular formula is C12H17NO2S. The maximum atomic E-state index is 10.9. The Hall–Kier alpha value is -1.00. The number of carbonyl (C=O) groups is 1. The van der Waals surface area contributed by atoms with Gasteiger partial charge in [-0.1, -0.05) is 12.1 Å². The van der Waals surface area contributed by atoms with Crippen molar-refractivity contribution in [2.75, 3.05) is 12.9 Å². The first-order valence-electron chi connectivity index (χ1n) is 5.18. The zero-order valence-electron chi connectivity index (χ0n) is 9.60. The van der Waals surface area contributed by atoms with Crippen LogP contribution in [0.5, 0.6) is 0 Å². The lowest BCUT2D eigenvalue weighted by Gasteiger charge is -2.06. The minimum atomic E-state index is -0.167. The molecule has 2 N–H and O–H groups in total. The number of thioether (sulfide) groups is 1.